The third-order valence-electron chi connectivity index (χ3n) is 4.25. The van der Waals surface area contributed by atoms with Gasteiger partial charge in [-0.2, -0.15) is 0 Å². The van der Waals surface area contributed by atoms with Crippen molar-refractivity contribution < 1.29 is 28.5 Å². The SMILES string of the molecule is COc1ccc(C)cc1NC(=O)[C@H](C)OC(=O)Cc1ccc2c(c1)OCCO2. The molecule has 1 aliphatic heterocycles. The van der Waals surface area contributed by atoms with Crippen LogP contribution < -0.4 is 19.5 Å². The first-order valence-electron chi connectivity index (χ1n) is 9.00. The highest BCUT2D eigenvalue weighted by Gasteiger charge is 2.20. The van der Waals surface area contributed by atoms with Gasteiger partial charge in [0.05, 0.1) is 19.2 Å². The van der Waals surface area contributed by atoms with Gasteiger partial charge in [0.25, 0.3) is 5.91 Å². The lowest BCUT2D eigenvalue weighted by atomic mass is 10.1. The average Bonchev–Trinajstić information content (AvgIpc) is 2.68. The molecule has 28 heavy (non-hydrogen) atoms. The Hall–Kier alpha value is -3.22. The molecule has 2 aromatic rings. The molecule has 3 rings (SSSR count). The van der Waals surface area contributed by atoms with Crippen molar-refractivity contribution in [3.8, 4) is 17.2 Å². The Balaban J connectivity index is 1.58. The molecule has 0 fully saturated rings. The standard InChI is InChI=1S/C21H23NO6/c1-13-4-6-17(25-3)16(10-13)22-21(24)14(2)28-20(23)12-15-5-7-18-19(11-15)27-9-8-26-18/h4-7,10-11,14H,8-9,12H2,1-3H3,(H,22,24)/t14-/m0/s1. The van der Waals surface area contributed by atoms with Gasteiger partial charge in [0, 0.05) is 0 Å². The van der Waals surface area contributed by atoms with Crippen molar-refractivity contribution in [2.24, 2.45) is 0 Å². The Bertz CT molecular complexity index is 879. The number of hydrogen-bond donors (Lipinski definition) is 1. The summed E-state index contributed by atoms with van der Waals surface area (Å²) in [6.07, 6.45) is -0.919. The summed E-state index contributed by atoms with van der Waals surface area (Å²) in [5.74, 6) is 0.862. The van der Waals surface area contributed by atoms with Crippen LogP contribution in [0.2, 0.25) is 0 Å². The molecule has 148 valence electrons. The van der Waals surface area contributed by atoms with Gasteiger partial charge >= 0.3 is 5.97 Å². The number of carbonyl (C=O) groups excluding carboxylic acids is 2. The lowest BCUT2D eigenvalue weighted by molar-refractivity contribution is -0.152. The molecule has 2 aromatic carbocycles. The van der Waals surface area contributed by atoms with Gasteiger partial charge < -0.3 is 24.3 Å². The molecule has 0 radical (unpaired) electrons. The molecular formula is C21H23NO6. The number of benzene rings is 2. The van der Waals surface area contributed by atoms with E-state index in [0.29, 0.717) is 36.1 Å². The van der Waals surface area contributed by atoms with Crippen molar-refractivity contribution in [2.45, 2.75) is 26.4 Å². The lowest BCUT2D eigenvalue weighted by Crippen LogP contribution is -2.30. The third-order valence-corrected chi connectivity index (χ3v) is 4.25. The van der Waals surface area contributed by atoms with Crippen LogP contribution in [-0.4, -0.2) is 38.3 Å². The van der Waals surface area contributed by atoms with E-state index in [1.807, 2.05) is 13.0 Å². The number of ether oxygens (including phenoxy) is 4. The number of esters is 1. The molecule has 1 amide bonds. The number of amides is 1. The van der Waals surface area contributed by atoms with Crippen molar-refractivity contribution in [1.82, 2.24) is 0 Å². The second kappa shape index (κ2) is 8.65. The van der Waals surface area contributed by atoms with Crippen LogP contribution in [0.3, 0.4) is 0 Å². The van der Waals surface area contributed by atoms with Crippen molar-refractivity contribution in [3.05, 3.63) is 47.5 Å². The Morgan fingerprint density at radius 1 is 1.11 bits per heavy atom. The minimum absolute atomic E-state index is 0.0298. The minimum atomic E-state index is -0.949. The maximum atomic E-state index is 12.4. The third kappa shape index (κ3) is 4.73. The Morgan fingerprint density at radius 2 is 1.86 bits per heavy atom. The van der Waals surface area contributed by atoms with E-state index in [9.17, 15) is 9.59 Å². The fourth-order valence-electron chi connectivity index (χ4n) is 2.81. The van der Waals surface area contributed by atoms with Crippen LogP contribution in [0.1, 0.15) is 18.1 Å². The second-order valence-corrected chi connectivity index (χ2v) is 6.48. The highest BCUT2D eigenvalue weighted by atomic mass is 16.6. The van der Waals surface area contributed by atoms with Gasteiger partial charge in [-0.15, -0.1) is 0 Å². The van der Waals surface area contributed by atoms with E-state index in [1.54, 1.807) is 30.3 Å². The summed E-state index contributed by atoms with van der Waals surface area (Å²) in [7, 11) is 1.52. The summed E-state index contributed by atoms with van der Waals surface area (Å²) >= 11 is 0. The molecule has 1 N–H and O–H groups in total. The van der Waals surface area contributed by atoms with Gasteiger partial charge in [-0.1, -0.05) is 12.1 Å². The van der Waals surface area contributed by atoms with E-state index in [4.69, 9.17) is 18.9 Å². The van der Waals surface area contributed by atoms with Crippen LogP contribution >= 0.6 is 0 Å². The zero-order valence-corrected chi connectivity index (χ0v) is 16.1. The van der Waals surface area contributed by atoms with Crippen LogP contribution in [0.25, 0.3) is 0 Å². The van der Waals surface area contributed by atoms with Gasteiger partial charge in [-0.25, -0.2) is 0 Å². The smallest absolute Gasteiger partial charge is 0.311 e. The van der Waals surface area contributed by atoms with E-state index in [0.717, 1.165) is 11.1 Å². The predicted molar refractivity (Wildman–Crippen MR) is 103 cm³/mol. The molecule has 7 nitrogen and oxygen atoms in total. The highest BCUT2D eigenvalue weighted by Crippen LogP contribution is 2.31. The summed E-state index contributed by atoms with van der Waals surface area (Å²) in [6, 6.07) is 10.7. The summed E-state index contributed by atoms with van der Waals surface area (Å²) in [6.45, 7) is 4.42. The Kier molecular flexibility index (Phi) is 6.03. The zero-order valence-electron chi connectivity index (χ0n) is 16.1. The molecule has 0 saturated carbocycles. The first-order chi connectivity index (χ1) is 13.5. The number of carbonyl (C=O) groups is 2. The second-order valence-electron chi connectivity index (χ2n) is 6.48. The Morgan fingerprint density at radius 3 is 2.61 bits per heavy atom. The molecule has 1 heterocycles. The molecule has 0 unspecified atom stereocenters. The van der Waals surface area contributed by atoms with Crippen LogP contribution in [0.5, 0.6) is 17.2 Å². The maximum absolute atomic E-state index is 12.4. The zero-order chi connectivity index (χ0) is 20.1. The molecule has 0 saturated heterocycles. The molecule has 0 aliphatic carbocycles. The lowest BCUT2D eigenvalue weighted by Gasteiger charge is -2.19. The topological polar surface area (TPSA) is 83.1 Å². The summed E-state index contributed by atoms with van der Waals surface area (Å²) in [5, 5.41) is 2.73. The summed E-state index contributed by atoms with van der Waals surface area (Å²) in [5.41, 5.74) is 2.23. The van der Waals surface area contributed by atoms with Crippen molar-refractivity contribution >= 4 is 17.6 Å². The molecule has 1 aliphatic rings. The molecule has 0 spiro atoms. The summed E-state index contributed by atoms with van der Waals surface area (Å²) < 4.78 is 21.5. The number of aryl methyl sites for hydroxylation is 1. The number of hydrogen-bond acceptors (Lipinski definition) is 6. The minimum Gasteiger partial charge on any atom is -0.495 e. The number of rotatable bonds is 6. The monoisotopic (exact) mass is 385 g/mol. The van der Waals surface area contributed by atoms with Crippen LogP contribution in [-0.2, 0) is 20.7 Å². The number of anilines is 1. The summed E-state index contributed by atoms with van der Waals surface area (Å²) in [4.78, 5) is 24.6. The fourth-order valence-corrected chi connectivity index (χ4v) is 2.81. The van der Waals surface area contributed by atoms with Crippen LogP contribution in [0.4, 0.5) is 5.69 Å². The molecule has 7 heteroatoms. The normalized spacial score (nSPS) is 13.4. The van der Waals surface area contributed by atoms with E-state index in [1.165, 1.54) is 14.0 Å². The van der Waals surface area contributed by atoms with Crippen LogP contribution in [0, 0.1) is 6.92 Å². The van der Waals surface area contributed by atoms with Crippen molar-refractivity contribution in [1.29, 1.82) is 0 Å². The number of fused-ring (bicyclic) bond motifs is 1. The molecule has 0 bridgehead atoms. The van der Waals surface area contributed by atoms with E-state index >= 15 is 0 Å². The van der Waals surface area contributed by atoms with Gasteiger partial charge in [-0.3, -0.25) is 9.59 Å². The Labute approximate surface area is 163 Å². The largest absolute Gasteiger partial charge is 0.495 e. The van der Waals surface area contributed by atoms with Gasteiger partial charge in [0.1, 0.15) is 19.0 Å². The van der Waals surface area contributed by atoms with E-state index < -0.39 is 18.0 Å². The van der Waals surface area contributed by atoms with E-state index in [-0.39, 0.29) is 6.42 Å². The number of nitrogens with one attached hydrogen (secondary N) is 1. The van der Waals surface area contributed by atoms with Crippen molar-refractivity contribution in [3.63, 3.8) is 0 Å². The van der Waals surface area contributed by atoms with Gasteiger partial charge in [-0.05, 0) is 49.2 Å². The van der Waals surface area contributed by atoms with E-state index in [2.05, 4.69) is 5.32 Å². The van der Waals surface area contributed by atoms with Crippen LogP contribution in [0.15, 0.2) is 36.4 Å². The molecule has 1 atom stereocenters. The quantitative estimate of drug-likeness (QED) is 0.770. The molecule has 0 aromatic heterocycles. The molecular weight excluding hydrogens is 362 g/mol. The first-order valence-corrected chi connectivity index (χ1v) is 9.00. The average molecular weight is 385 g/mol. The first kappa shape index (κ1) is 19.5. The fraction of sp³-hybridized carbons (Fsp3) is 0.333. The van der Waals surface area contributed by atoms with Crippen molar-refractivity contribution in [2.75, 3.05) is 25.6 Å². The predicted octanol–water partition coefficient (Wildman–Crippen LogP) is 2.89. The maximum Gasteiger partial charge on any atom is 0.311 e. The van der Waals surface area contributed by atoms with Gasteiger partial charge in [0.2, 0.25) is 0 Å². The highest BCUT2D eigenvalue weighted by molar-refractivity contribution is 5.96. The van der Waals surface area contributed by atoms with Gasteiger partial charge in [0.15, 0.2) is 17.6 Å². The number of methoxy groups -OCH3 is 1.